The Labute approximate surface area is 265 Å². The second-order valence-electron chi connectivity index (χ2n) is 13.0. The SMILES string of the molecule is C=C/C=C1/C(C2CCCCC2)=NC(NC(=O)Cc2ccc(N3CCC(N4CCCCC4)CC3)cc2)C(=O)N(CCC)/C1=C/C. The highest BCUT2D eigenvalue weighted by atomic mass is 16.2. The van der Waals surface area contributed by atoms with Gasteiger partial charge in [0.25, 0.3) is 5.91 Å². The summed E-state index contributed by atoms with van der Waals surface area (Å²) in [6.07, 6.45) is 18.0. The third-order valence-corrected chi connectivity index (χ3v) is 9.94. The maximum Gasteiger partial charge on any atom is 0.272 e. The van der Waals surface area contributed by atoms with Gasteiger partial charge in [-0.3, -0.25) is 14.6 Å². The third kappa shape index (κ3) is 7.71. The van der Waals surface area contributed by atoms with Gasteiger partial charge in [-0.05, 0) is 82.7 Å². The van der Waals surface area contributed by atoms with Crippen molar-refractivity contribution in [3.8, 4) is 0 Å². The second kappa shape index (κ2) is 15.7. The highest BCUT2D eigenvalue weighted by Crippen LogP contribution is 2.33. The predicted molar refractivity (Wildman–Crippen MR) is 181 cm³/mol. The van der Waals surface area contributed by atoms with E-state index >= 15 is 0 Å². The molecule has 2 amide bonds. The van der Waals surface area contributed by atoms with Crippen molar-refractivity contribution in [2.75, 3.05) is 37.6 Å². The summed E-state index contributed by atoms with van der Waals surface area (Å²) in [5.41, 5.74) is 4.93. The molecule has 1 aromatic rings. The summed E-state index contributed by atoms with van der Waals surface area (Å²) in [5, 5.41) is 3.02. The van der Waals surface area contributed by atoms with Crippen LogP contribution in [0.3, 0.4) is 0 Å². The number of allylic oxidation sites excluding steroid dienone is 4. The number of rotatable bonds is 9. The Morgan fingerprint density at radius 1 is 0.977 bits per heavy atom. The molecule has 0 radical (unpaired) electrons. The molecule has 3 fully saturated rings. The van der Waals surface area contributed by atoms with Crippen molar-refractivity contribution in [1.82, 2.24) is 15.1 Å². The van der Waals surface area contributed by atoms with E-state index in [4.69, 9.17) is 4.99 Å². The molecule has 1 aromatic carbocycles. The maximum atomic E-state index is 13.9. The lowest BCUT2D eigenvalue weighted by molar-refractivity contribution is -0.134. The molecule has 238 valence electrons. The Kier molecular flexibility index (Phi) is 11.5. The van der Waals surface area contributed by atoms with Gasteiger partial charge < -0.3 is 20.0 Å². The lowest BCUT2D eigenvalue weighted by Gasteiger charge is -2.41. The van der Waals surface area contributed by atoms with E-state index in [2.05, 4.69) is 52.9 Å². The molecule has 44 heavy (non-hydrogen) atoms. The van der Waals surface area contributed by atoms with Crippen molar-refractivity contribution >= 4 is 23.2 Å². The van der Waals surface area contributed by atoms with Gasteiger partial charge in [-0.25, -0.2) is 0 Å². The summed E-state index contributed by atoms with van der Waals surface area (Å²) in [6, 6.07) is 9.14. The monoisotopic (exact) mass is 599 g/mol. The molecule has 1 atom stereocenters. The van der Waals surface area contributed by atoms with Gasteiger partial charge in [0.2, 0.25) is 12.1 Å². The maximum absolute atomic E-state index is 13.9. The molecule has 1 N–H and O–H groups in total. The summed E-state index contributed by atoms with van der Waals surface area (Å²) >= 11 is 0. The standard InChI is InChI=1S/C37H53N5O2/c1-4-13-32-33(6-3)42(22-5-2)37(44)36(39-35(32)29-14-9-7-10-15-29)38-34(43)27-28-16-18-30(19-17-28)41-25-20-31(21-26-41)40-23-11-8-12-24-40/h4,6,13,16-19,29,31,36H,1,5,7-12,14-15,20-27H2,2-3H3,(H,38,43)/b32-13+,33-6+. The Bertz CT molecular complexity index is 1230. The highest BCUT2D eigenvalue weighted by molar-refractivity contribution is 6.09. The van der Waals surface area contributed by atoms with E-state index in [-0.39, 0.29) is 24.2 Å². The molecule has 0 spiro atoms. The molecule has 1 unspecified atom stereocenters. The van der Waals surface area contributed by atoms with Crippen LogP contribution >= 0.6 is 0 Å². The number of piperidine rings is 2. The minimum Gasteiger partial charge on any atom is -0.371 e. The second-order valence-corrected chi connectivity index (χ2v) is 13.0. The smallest absolute Gasteiger partial charge is 0.272 e. The fourth-order valence-corrected chi connectivity index (χ4v) is 7.64. The molecule has 0 aromatic heterocycles. The van der Waals surface area contributed by atoms with Crippen LogP contribution in [0.1, 0.15) is 90.0 Å². The van der Waals surface area contributed by atoms with E-state index in [1.54, 1.807) is 6.08 Å². The average molecular weight is 600 g/mol. The number of nitrogens with one attached hydrogen (secondary N) is 1. The van der Waals surface area contributed by atoms with E-state index in [1.807, 2.05) is 24.0 Å². The van der Waals surface area contributed by atoms with Crippen LogP contribution in [-0.4, -0.2) is 72.3 Å². The summed E-state index contributed by atoms with van der Waals surface area (Å²) in [4.78, 5) is 39.4. The fraction of sp³-hybridized carbons (Fsp3) is 0.595. The zero-order chi connectivity index (χ0) is 30.9. The normalized spacial score (nSPS) is 24.8. The van der Waals surface area contributed by atoms with E-state index in [0.717, 1.165) is 73.8 Å². The van der Waals surface area contributed by atoms with Crippen LogP contribution in [0.15, 0.2) is 65.3 Å². The highest BCUT2D eigenvalue weighted by Gasteiger charge is 2.36. The van der Waals surface area contributed by atoms with Crippen LogP contribution < -0.4 is 10.2 Å². The topological polar surface area (TPSA) is 68.2 Å². The zero-order valence-corrected chi connectivity index (χ0v) is 27.1. The Morgan fingerprint density at radius 3 is 2.30 bits per heavy atom. The molecule has 3 heterocycles. The Hall–Kier alpha value is -3.19. The van der Waals surface area contributed by atoms with E-state index in [9.17, 15) is 9.59 Å². The number of nitrogens with zero attached hydrogens (tertiary/aromatic N) is 4. The molecule has 1 saturated carbocycles. The minimum atomic E-state index is -0.933. The number of anilines is 1. The number of amides is 2. The van der Waals surface area contributed by atoms with Crippen LogP contribution in [0.2, 0.25) is 0 Å². The first-order valence-electron chi connectivity index (χ1n) is 17.3. The van der Waals surface area contributed by atoms with Crippen molar-refractivity contribution in [3.63, 3.8) is 0 Å². The van der Waals surface area contributed by atoms with Crippen LogP contribution in [0.25, 0.3) is 0 Å². The number of aliphatic imine (C=N–C) groups is 1. The Balaban J connectivity index is 1.26. The summed E-state index contributed by atoms with van der Waals surface area (Å²) in [7, 11) is 0. The first-order valence-corrected chi connectivity index (χ1v) is 17.3. The molecule has 7 nitrogen and oxygen atoms in total. The van der Waals surface area contributed by atoms with Crippen LogP contribution in [0, 0.1) is 5.92 Å². The van der Waals surface area contributed by atoms with Gasteiger partial charge in [0.15, 0.2) is 0 Å². The molecule has 2 saturated heterocycles. The molecule has 7 heteroatoms. The molecule has 3 aliphatic heterocycles. The molecular weight excluding hydrogens is 546 g/mol. The number of hydrogen-bond acceptors (Lipinski definition) is 5. The van der Waals surface area contributed by atoms with Gasteiger partial charge in [-0.15, -0.1) is 0 Å². The van der Waals surface area contributed by atoms with Crippen molar-refractivity contribution < 1.29 is 9.59 Å². The lowest BCUT2D eigenvalue weighted by Crippen LogP contribution is -2.47. The summed E-state index contributed by atoms with van der Waals surface area (Å²) in [6.45, 7) is 13.3. The van der Waals surface area contributed by atoms with Crippen LogP contribution in [-0.2, 0) is 16.0 Å². The predicted octanol–water partition coefficient (Wildman–Crippen LogP) is 6.42. The average Bonchev–Trinajstić information content (AvgIpc) is 3.17. The van der Waals surface area contributed by atoms with Crippen LogP contribution in [0.5, 0.6) is 0 Å². The molecule has 0 bridgehead atoms. The van der Waals surface area contributed by atoms with E-state index < -0.39 is 6.17 Å². The molecule has 4 aliphatic rings. The van der Waals surface area contributed by atoms with Gasteiger partial charge in [0, 0.05) is 48.6 Å². The summed E-state index contributed by atoms with van der Waals surface area (Å²) < 4.78 is 0. The van der Waals surface area contributed by atoms with Crippen molar-refractivity contribution in [2.24, 2.45) is 10.9 Å². The molecular formula is C37H53N5O2. The first kappa shape index (κ1) is 32.2. The van der Waals surface area contributed by atoms with Crippen LogP contribution in [0.4, 0.5) is 5.69 Å². The number of hydrogen-bond donors (Lipinski definition) is 1. The molecule has 1 aliphatic carbocycles. The van der Waals surface area contributed by atoms with Gasteiger partial charge in [0.05, 0.1) is 12.1 Å². The largest absolute Gasteiger partial charge is 0.371 e. The number of carbonyl (C=O) groups is 2. The van der Waals surface area contributed by atoms with Gasteiger partial charge in [-0.1, -0.05) is 69.5 Å². The van der Waals surface area contributed by atoms with Gasteiger partial charge in [0.1, 0.15) is 0 Å². The van der Waals surface area contributed by atoms with Crippen molar-refractivity contribution in [2.45, 2.75) is 103 Å². The van der Waals surface area contributed by atoms with Crippen molar-refractivity contribution in [3.05, 3.63) is 65.9 Å². The number of carbonyl (C=O) groups excluding carboxylic acids is 2. The van der Waals surface area contributed by atoms with Crippen molar-refractivity contribution in [1.29, 1.82) is 0 Å². The van der Waals surface area contributed by atoms with E-state index in [0.29, 0.717) is 6.54 Å². The third-order valence-electron chi connectivity index (χ3n) is 9.94. The zero-order valence-electron chi connectivity index (χ0n) is 27.1. The number of likely N-dealkylation sites (tertiary alicyclic amines) is 1. The lowest BCUT2D eigenvalue weighted by atomic mass is 9.82. The summed E-state index contributed by atoms with van der Waals surface area (Å²) in [5.74, 6) is -0.0756. The molecule has 5 rings (SSSR count). The first-order chi connectivity index (χ1) is 21.5. The quantitative estimate of drug-likeness (QED) is 0.356. The Morgan fingerprint density at radius 2 is 1.66 bits per heavy atom. The van der Waals surface area contributed by atoms with Gasteiger partial charge >= 0.3 is 0 Å². The van der Waals surface area contributed by atoms with Gasteiger partial charge in [-0.2, -0.15) is 0 Å². The van der Waals surface area contributed by atoms with E-state index in [1.165, 1.54) is 57.3 Å². The minimum absolute atomic E-state index is 0.169. The fourth-order valence-electron chi connectivity index (χ4n) is 7.64. The number of benzene rings is 1.